The standard InChI is InChI=1S/C22H20N4O4/c23-16(27)11-10-15-17-18(20(29)26(19(17)28)12-6-2-1-3-7-12)22(25-15)13-8-4-5-9-14(13)24-21(22)30/h1-9,15,17-18,25H,10-11H2,(H2,23,27)(H,24,30)/p+1/t15-,17+,18+,22-/m0/s1. The molecule has 0 bridgehead atoms. The average molecular weight is 405 g/mol. The summed E-state index contributed by atoms with van der Waals surface area (Å²) in [7, 11) is 0. The van der Waals surface area contributed by atoms with E-state index < -0.39 is 29.3 Å². The fourth-order valence-electron chi connectivity index (χ4n) is 5.32. The quantitative estimate of drug-likeness (QED) is 0.612. The monoisotopic (exact) mass is 405 g/mol. The molecule has 1 spiro atoms. The maximum atomic E-state index is 13.6. The van der Waals surface area contributed by atoms with Crippen LogP contribution in [-0.4, -0.2) is 29.7 Å². The molecule has 4 amide bonds. The first-order valence-corrected chi connectivity index (χ1v) is 9.93. The molecule has 0 radical (unpaired) electrons. The van der Waals surface area contributed by atoms with Gasteiger partial charge in [0.05, 0.1) is 11.4 Å². The molecule has 152 valence electrons. The summed E-state index contributed by atoms with van der Waals surface area (Å²) in [6.07, 6.45) is 0.395. The highest BCUT2D eigenvalue weighted by atomic mass is 16.2. The van der Waals surface area contributed by atoms with Crippen molar-refractivity contribution < 1.29 is 24.5 Å². The van der Waals surface area contributed by atoms with Crippen molar-refractivity contribution in [3.8, 4) is 0 Å². The number of carbonyl (C=O) groups is 4. The minimum Gasteiger partial charge on any atom is -0.370 e. The van der Waals surface area contributed by atoms with Gasteiger partial charge in [-0.25, -0.2) is 4.90 Å². The van der Waals surface area contributed by atoms with E-state index in [0.29, 0.717) is 23.4 Å². The molecule has 2 fully saturated rings. The molecule has 0 aliphatic carbocycles. The number of benzene rings is 2. The van der Waals surface area contributed by atoms with E-state index in [1.54, 1.807) is 36.4 Å². The number of anilines is 2. The molecular weight excluding hydrogens is 384 g/mol. The number of amides is 4. The maximum absolute atomic E-state index is 13.6. The zero-order valence-corrected chi connectivity index (χ0v) is 16.1. The number of hydrogen-bond donors (Lipinski definition) is 3. The van der Waals surface area contributed by atoms with Gasteiger partial charge in [-0.2, -0.15) is 0 Å². The van der Waals surface area contributed by atoms with Crippen molar-refractivity contribution in [2.45, 2.75) is 24.4 Å². The Morgan fingerprint density at radius 2 is 1.73 bits per heavy atom. The van der Waals surface area contributed by atoms with Gasteiger partial charge in [-0.1, -0.05) is 36.4 Å². The van der Waals surface area contributed by atoms with Crippen LogP contribution in [0.25, 0.3) is 0 Å². The first-order valence-electron chi connectivity index (χ1n) is 9.93. The maximum Gasteiger partial charge on any atom is 0.291 e. The summed E-state index contributed by atoms with van der Waals surface area (Å²) in [6, 6.07) is 15.6. The molecule has 2 saturated heterocycles. The smallest absolute Gasteiger partial charge is 0.291 e. The predicted octanol–water partition coefficient (Wildman–Crippen LogP) is -0.149. The zero-order valence-electron chi connectivity index (χ0n) is 16.1. The zero-order chi connectivity index (χ0) is 21.0. The molecule has 3 aliphatic rings. The number of rotatable bonds is 4. The van der Waals surface area contributed by atoms with Crippen LogP contribution in [0.1, 0.15) is 18.4 Å². The summed E-state index contributed by atoms with van der Waals surface area (Å²) in [4.78, 5) is 52.9. The number of nitrogens with one attached hydrogen (secondary N) is 1. The SMILES string of the molecule is NC(=O)CC[C@@H]1[NH2+][C@]2(C(=O)Nc3ccccc32)[C@H]2C(=O)N(c3ccccc3)C(=O)[C@H]12. The topological polar surface area (TPSA) is 126 Å². The van der Waals surface area contributed by atoms with Crippen molar-refractivity contribution in [3.05, 3.63) is 60.2 Å². The number of nitrogens with two attached hydrogens (primary N) is 2. The third kappa shape index (κ3) is 2.37. The molecule has 3 aliphatic heterocycles. The first-order chi connectivity index (χ1) is 14.4. The minimum absolute atomic E-state index is 0.0799. The molecular formula is C22H21N4O4+. The number of fused-ring (bicyclic) bond motifs is 4. The van der Waals surface area contributed by atoms with Crippen molar-refractivity contribution in [3.63, 3.8) is 0 Å². The van der Waals surface area contributed by atoms with Gasteiger partial charge < -0.3 is 16.4 Å². The van der Waals surface area contributed by atoms with Gasteiger partial charge in [0.2, 0.25) is 23.3 Å². The second-order valence-corrected chi connectivity index (χ2v) is 8.06. The van der Waals surface area contributed by atoms with Gasteiger partial charge in [-0.3, -0.25) is 19.2 Å². The Hall–Kier alpha value is -3.52. The van der Waals surface area contributed by atoms with E-state index in [9.17, 15) is 19.2 Å². The average Bonchev–Trinajstić information content (AvgIpc) is 3.32. The Labute approximate surface area is 172 Å². The Bertz CT molecular complexity index is 1090. The summed E-state index contributed by atoms with van der Waals surface area (Å²) >= 11 is 0. The first kappa shape index (κ1) is 18.5. The van der Waals surface area contributed by atoms with Crippen molar-refractivity contribution in [2.24, 2.45) is 17.6 Å². The van der Waals surface area contributed by atoms with E-state index in [0.717, 1.165) is 0 Å². The van der Waals surface area contributed by atoms with E-state index in [4.69, 9.17) is 5.73 Å². The molecule has 30 heavy (non-hydrogen) atoms. The Kier molecular flexibility index (Phi) is 4.01. The molecule has 2 aromatic carbocycles. The molecule has 3 heterocycles. The summed E-state index contributed by atoms with van der Waals surface area (Å²) in [5.74, 6) is -3.08. The number of imide groups is 1. The van der Waals surface area contributed by atoms with Crippen LogP contribution < -0.4 is 21.3 Å². The predicted molar refractivity (Wildman–Crippen MR) is 107 cm³/mol. The Morgan fingerprint density at radius 3 is 2.47 bits per heavy atom. The second-order valence-electron chi connectivity index (χ2n) is 8.06. The van der Waals surface area contributed by atoms with Crippen LogP contribution in [-0.2, 0) is 24.7 Å². The number of para-hydroxylation sites is 2. The van der Waals surface area contributed by atoms with E-state index in [-0.39, 0.29) is 24.1 Å². The fraction of sp³-hybridized carbons (Fsp3) is 0.273. The van der Waals surface area contributed by atoms with E-state index in [2.05, 4.69) is 5.32 Å². The number of primary amides is 1. The minimum atomic E-state index is -1.24. The van der Waals surface area contributed by atoms with Crippen molar-refractivity contribution in [2.75, 3.05) is 10.2 Å². The van der Waals surface area contributed by atoms with Crippen molar-refractivity contribution in [1.82, 2.24) is 0 Å². The molecule has 0 aromatic heterocycles. The molecule has 2 aromatic rings. The van der Waals surface area contributed by atoms with Crippen LogP contribution in [0.15, 0.2) is 54.6 Å². The summed E-state index contributed by atoms with van der Waals surface area (Å²) in [5.41, 5.74) is 5.93. The summed E-state index contributed by atoms with van der Waals surface area (Å²) < 4.78 is 0. The molecule has 0 saturated carbocycles. The lowest BCUT2D eigenvalue weighted by Crippen LogP contribution is -2.99. The molecule has 5 N–H and O–H groups in total. The van der Waals surface area contributed by atoms with Crippen LogP contribution in [0, 0.1) is 11.8 Å². The fourth-order valence-corrected chi connectivity index (χ4v) is 5.32. The largest absolute Gasteiger partial charge is 0.370 e. The van der Waals surface area contributed by atoms with Crippen molar-refractivity contribution >= 4 is 35.0 Å². The van der Waals surface area contributed by atoms with Gasteiger partial charge >= 0.3 is 0 Å². The van der Waals surface area contributed by atoms with Crippen molar-refractivity contribution in [1.29, 1.82) is 0 Å². The molecule has 8 nitrogen and oxygen atoms in total. The highest BCUT2D eigenvalue weighted by molar-refractivity contribution is 6.25. The molecule has 5 rings (SSSR count). The van der Waals surface area contributed by atoms with Crippen LogP contribution in [0.4, 0.5) is 11.4 Å². The number of nitrogens with zero attached hydrogens (tertiary/aromatic N) is 1. The lowest BCUT2D eigenvalue weighted by Gasteiger charge is -2.26. The van der Waals surface area contributed by atoms with Gasteiger partial charge in [0, 0.05) is 18.4 Å². The normalized spacial score (nSPS) is 29.3. The molecule has 8 heteroatoms. The third-order valence-electron chi connectivity index (χ3n) is 6.52. The van der Waals surface area contributed by atoms with Gasteiger partial charge in [0.25, 0.3) is 5.91 Å². The Balaban J connectivity index is 1.65. The van der Waals surface area contributed by atoms with Gasteiger partial charge in [0.1, 0.15) is 17.9 Å². The van der Waals surface area contributed by atoms with Gasteiger partial charge in [-0.05, 0) is 18.2 Å². The lowest BCUT2D eigenvalue weighted by molar-refractivity contribution is -0.733. The Morgan fingerprint density at radius 1 is 1.03 bits per heavy atom. The number of hydrogen-bond acceptors (Lipinski definition) is 4. The highest BCUT2D eigenvalue weighted by Gasteiger charge is 2.74. The van der Waals surface area contributed by atoms with Gasteiger partial charge in [-0.15, -0.1) is 0 Å². The number of carbonyl (C=O) groups excluding carboxylic acids is 4. The summed E-state index contributed by atoms with van der Waals surface area (Å²) in [5, 5.41) is 4.68. The molecule has 0 unspecified atom stereocenters. The van der Waals surface area contributed by atoms with E-state index >= 15 is 0 Å². The number of quaternary nitrogens is 1. The highest BCUT2D eigenvalue weighted by Crippen LogP contribution is 2.50. The van der Waals surface area contributed by atoms with Crippen LogP contribution in [0.3, 0.4) is 0 Å². The van der Waals surface area contributed by atoms with Crippen LogP contribution in [0.5, 0.6) is 0 Å². The summed E-state index contributed by atoms with van der Waals surface area (Å²) in [6.45, 7) is 0. The van der Waals surface area contributed by atoms with E-state index in [1.807, 2.05) is 23.5 Å². The van der Waals surface area contributed by atoms with Crippen LogP contribution in [0.2, 0.25) is 0 Å². The lowest BCUT2D eigenvalue weighted by atomic mass is 9.76. The van der Waals surface area contributed by atoms with Gasteiger partial charge in [0.15, 0.2) is 0 Å². The molecule has 4 atom stereocenters. The van der Waals surface area contributed by atoms with E-state index in [1.165, 1.54) is 4.90 Å². The van der Waals surface area contributed by atoms with Crippen LogP contribution >= 0.6 is 0 Å². The third-order valence-corrected chi connectivity index (χ3v) is 6.52. The second kappa shape index (κ2) is 6.50.